The molecule has 0 aliphatic carbocycles. The van der Waals surface area contributed by atoms with Crippen molar-refractivity contribution >= 4 is 11.0 Å². The summed E-state index contributed by atoms with van der Waals surface area (Å²) < 4.78 is 11.9. The van der Waals surface area contributed by atoms with Crippen molar-refractivity contribution in [2.45, 2.75) is 25.7 Å². The highest BCUT2D eigenvalue weighted by Gasteiger charge is 2.32. The minimum Gasteiger partial charge on any atom is -0.493 e. The van der Waals surface area contributed by atoms with Crippen molar-refractivity contribution in [1.82, 2.24) is 0 Å². The second-order valence-electron chi connectivity index (χ2n) is 5.81. The first kappa shape index (κ1) is 12.5. The zero-order chi connectivity index (χ0) is 14.4. The van der Waals surface area contributed by atoms with Crippen molar-refractivity contribution in [1.29, 1.82) is 0 Å². The largest absolute Gasteiger partial charge is 0.493 e. The van der Waals surface area contributed by atoms with Crippen LogP contribution >= 0.6 is 0 Å². The predicted octanol–water partition coefficient (Wildman–Crippen LogP) is 5.02. The Morgan fingerprint density at radius 2 is 1.76 bits per heavy atom. The Labute approximate surface area is 124 Å². The lowest BCUT2D eigenvalue weighted by Gasteiger charge is -2.31. The molecule has 0 spiro atoms. The lowest BCUT2D eigenvalue weighted by atomic mass is 9.80. The van der Waals surface area contributed by atoms with Crippen LogP contribution in [0.5, 0.6) is 5.75 Å². The van der Waals surface area contributed by atoms with E-state index in [0.29, 0.717) is 18.4 Å². The van der Waals surface area contributed by atoms with E-state index >= 15 is 0 Å². The van der Waals surface area contributed by atoms with Gasteiger partial charge < -0.3 is 9.15 Å². The summed E-state index contributed by atoms with van der Waals surface area (Å²) in [6.07, 6.45) is 0. The van der Waals surface area contributed by atoms with E-state index in [2.05, 4.69) is 44.2 Å². The molecular formula is C19H18O2. The second kappa shape index (κ2) is 4.66. The summed E-state index contributed by atoms with van der Waals surface area (Å²) in [5.41, 5.74) is 3.56. The molecular weight excluding hydrogens is 260 g/mol. The fourth-order valence-electron chi connectivity index (χ4n) is 3.51. The third-order valence-electron chi connectivity index (χ3n) is 4.62. The fraction of sp³-hybridized carbons (Fsp3) is 0.263. The molecule has 2 nitrogen and oxygen atoms in total. The van der Waals surface area contributed by atoms with Crippen LogP contribution in [0.2, 0.25) is 0 Å². The lowest BCUT2D eigenvalue weighted by Crippen LogP contribution is -2.23. The highest BCUT2D eigenvalue weighted by atomic mass is 16.5. The Bertz CT molecular complexity index is 800. The zero-order valence-electron chi connectivity index (χ0n) is 12.3. The molecule has 1 aliphatic rings. The van der Waals surface area contributed by atoms with Crippen molar-refractivity contribution in [2.24, 2.45) is 0 Å². The first-order chi connectivity index (χ1) is 10.3. The van der Waals surface area contributed by atoms with Crippen LogP contribution in [0.4, 0.5) is 0 Å². The van der Waals surface area contributed by atoms with Crippen LogP contribution in [0, 0.1) is 6.92 Å². The van der Waals surface area contributed by atoms with Gasteiger partial charge in [-0.1, -0.05) is 43.3 Å². The van der Waals surface area contributed by atoms with Gasteiger partial charge in [-0.15, -0.1) is 0 Å². The number of furan rings is 1. The molecule has 0 bridgehead atoms. The highest BCUT2D eigenvalue weighted by Crippen LogP contribution is 2.45. The van der Waals surface area contributed by atoms with E-state index < -0.39 is 0 Å². The maximum Gasteiger partial charge on any atom is 0.134 e. The van der Waals surface area contributed by atoms with Gasteiger partial charge in [0.15, 0.2) is 0 Å². The number of ether oxygens (including phenoxy) is 1. The predicted molar refractivity (Wildman–Crippen MR) is 84.0 cm³/mol. The van der Waals surface area contributed by atoms with Crippen LogP contribution in [0.25, 0.3) is 11.0 Å². The first-order valence-corrected chi connectivity index (χ1v) is 7.45. The normalized spacial score (nSPS) is 21.0. The summed E-state index contributed by atoms with van der Waals surface area (Å²) in [4.78, 5) is 0. The van der Waals surface area contributed by atoms with E-state index in [1.165, 1.54) is 16.5 Å². The number of fused-ring (bicyclic) bond motifs is 2. The average Bonchev–Trinajstić information content (AvgIpc) is 2.84. The molecule has 1 aromatic heterocycles. The van der Waals surface area contributed by atoms with Crippen LogP contribution in [0.15, 0.2) is 52.9 Å². The average molecular weight is 278 g/mol. The summed E-state index contributed by atoms with van der Waals surface area (Å²) >= 11 is 0. The third-order valence-corrected chi connectivity index (χ3v) is 4.62. The monoisotopic (exact) mass is 278 g/mol. The minimum absolute atomic E-state index is 0.337. The van der Waals surface area contributed by atoms with Gasteiger partial charge in [-0.2, -0.15) is 0 Å². The van der Waals surface area contributed by atoms with Gasteiger partial charge in [-0.3, -0.25) is 0 Å². The van der Waals surface area contributed by atoms with Crippen LogP contribution in [-0.4, -0.2) is 6.61 Å². The first-order valence-electron chi connectivity index (χ1n) is 7.45. The molecule has 2 heteroatoms. The maximum atomic E-state index is 5.99. The maximum absolute atomic E-state index is 5.99. The zero-order valence-corrected chi connectivity index (χ0v) is 12.3. The van der Waals surface area contributed by atoms with Gasteiger partial charge in [0, 0.05) is 16.9 Å². The van der Waals surface area contributed by atoms with Gasteiger partial charge in [0.05, 0.1) is 6.61 Å². The van der Waals surface area contributed by atoms with Gasteiger partial charge in [0.1, 0.15) is 17.1 Å². The highest BCUT2D eigenvalue weighted by molar-refractivity contribution is 5.83. The molecule has 3 aromatic rings. The van der Waals surface area contributed by atoms with Crippen molar-refractivity contribution in [2.75, 3.05) is 6.61 Å². The Morgan fingerprint density at radius 3 is 2.67 bits per heavy atom. The summed E-state index contributed by atoms with van der Waals surface area (Å²) in [5.74, 6) is 2.79. The minimum atomic E-state index is 0.337. The molecule has 106 valence electrons. The fourth-order valence-corrected chi connectivity index (χ4v) is 3.51. The van der Waals surface area contributed by atoms with Crippen molar-refractivity contribution in [3.63, 3.8) is 0 Å². The Kier molecular flexibility index (Phi) is 2.78. The van der Waals surface area contributed by atoms with Gasteiger partial charge in [0.25, 0.3) is 0 Å². The quantitative estimate of drug-likeness (QED) is 0.623. The van der Waals surface area contributed by atoms with Crippen LogP contribution < -0.4 is 4.74 Å². The van der Waals surface area contributed by atoms with E-state index in [-0.39, 0.29) is 0 Å². The number of hydrogen-bond acceptors (Lipinski definition) is 2. The smallest absolute Gasteiger partial charge is 0.134 e. The summed E-state index contributed by atoms with van der Waals surface area (Å²) in [5, 5.41) is 1.22. The molecule has 2 heterocycles. The Hall–Kier alpha value is -2.22. The summed E-state index contributed by atoms with van der Waals surface area (Å²) in [6, 6.07) is 16.6. The van der Waals surface area contributed by atoms with E-state index in [4.69, 9.17) is 9.15 Å². The lowest BCUT2D eigenvalue weighted by molar-refractivity contribution is 0.243. The molecule has 2 unspecified atom stereocenters. The number of hydrogen-bond donors (Lipinski definition) is 0. The molecule has 0 amide bonds. The molecule has 1 aliphatic heterocycles. The molecule has 2 aromatic carbocycles. The summed E-state index contributed by atoms with van der Waals surface area (Å²) in [7, 11) is 0. The van der Waals surface area contributed by atoms with E-state index in [1.54, 1.807) is 0 Å². The molecule has 0 fully saturated rings. The van der Waals surface area contributed by atoms with Gasteiger partial charge in [-0.25, -0.2) is 0 Å². The standard InChI is InChI=1S/C19H18O2/c1-12-14-7-3-5-9-17(14)20-11-16(12)19-13(2)21-18-10-6-4-8-15(18)19/h3-10,12,16H,11H2,1-2H3. The third kappa shape index (κ3) is 1.86. The molecule has 0 radical (unpaired) electrons. The molecule has 0 N–H and O–H groups in total. The van der Waals surface area contributed by atoms with Crippen LogP contribution in [0.1, 0.15) is 35.6 Å². The number of para-hydroxylation sites is 2. The molecule has 0 saturated carbocycles. The molecule has 4 rings (SSSR count). The number of aryl methyl sites for hydroxylation is 1. The van der Waals surface area contributed by atoms with Crippen molar-refractivity contribution in [3.8, 4) is 5.75 Å². The van der Waals surface area contributed by atoms with Crippen LogP contribution in [-0.2, 0) is 0 Å². The molecule has 2 atom stereocenters. The Balaban J connectivity index is 1.85. The molecule has 21 heavy (non-hydrogen) atoms. The molecule has 0 saturated heterocycles. The summed E-state index contributed by atoms with van der Waals surface area (Å²) in [6.45, 7) is 5.05. The van der Waals surface area contributed by atoms with Gasteiger partial charge in [0.2, 0.25) is 0 Å². The van der Waals surface area contributed by atoms with E-state index in [9.17, 15) is 0 Å². The van der Waals surface area contributed by atoms with E-state index in [0.717, 1.165) is 17.1 Å². The SMILES string of the molecule is Cc1oc2ccccc2c1C1COc2ccccc2C1C. The van der Waals surface area contributed by atoms with Crippen LogP contribution in [0.3, 0.4) is 0 Å². The second-order valence-corrected chi connectivity index (χ2v) is 5.81. The van der Waals surface area contributed by atoms with Gasteiger partial charge in [-0.05, 0) is 30.5 Å². The van der Waals surface area contributed by atoms with Crippen molar-refractivity contribution < 1.29 is 9.15 Å². The van der Waals surface area contributed by atoms with E-state index in [1.807, 2.05) is 18.2 Å². The van der Waals surface area contributed by atoms with Gasteiger partial charge >= 0.3 is 0 Å². The number of rotatable bonds is 1. The van der Waals surface area contributed by atoms with Crippen molar-refractivity contribution in [3.05, 3.63) is 65.4 Å². The Morgan fingerprint density at radius 1 is 1.00 bits per heavy atom. The topological polar surface area (TPSA) is 22.4 Å². The number of benzene rings is 2.